The molecule has 0 radical (unpaired) electrons. The number of allylic oxidation sites excluding steroid dienone is 4. The predicted octanol–water partition coefficient (Wildman–Crippen LogP) is 6.12. The number of anilines is 1. The Balaban J connectivity index is 1.34. The van der Waals surface area contributed by atoms with Crippen molar-refractivity contribution in [2.75, 3.05) is 4.90 Å². The summed E-state index contributed by atoms with van der Waals surface area (Å²) in [5, 5.41) is 20.3. The van der Waals surface area contributed by atoms with Crippen molar-refractivity contribution in [1.29, 1.82) is 0 Å². The number of carboxylic acid groups (broad SMARTS) is 1. The van der Waals surface area contributed by atoms with E-state index in [0.29, 0.717) is 22.3 Å². The minimum Gasteiger partial charge on any atom is -0.508 e. The van der Waals surface area contributed by atoms with Gasteiger partial charge < -0.3 is 10.2 Å². The van der Waals surface area contributed by atoms with Crippen molar-refractivity contribution in [2.24, 2.45) is 23.7 Å². The number of fused-ring (bicyclic) bond motifs is 4. The van der Waals surface area contributed by atoms with Crippen LogP contribution < -0.4 is 4.90 Å². The molecule has 1 heterocycles. The summed E-state index contributed by atoms with van der Waals surface area (Å²) in [5.74, 6) is -6.27. The minimum absolute atomic E-state index is 0.000353. The number of nitrogens with zero attached hydrogens (tertiary/aromatic N) is 1. The van der Waals surface area contributed by atoms with E-state index in [1.807, 2.05) is 60.7 Å². The number of carboxylic acids is 1. The van der Waals surface area contributed by atoms with Crippen LogP contribution in [0.15, 0.2) is 127 Å². The van der Waals surface area contributed by atoms with Crippen molar-refractivity contribution >= 4 is 40.6 Å². The number of aromatic carboxylic acids is 1. The first-order chi connectivity index (χ1) is 23.7. The van der Waals surface area contributed by atoms with Gasteiger partial charge in [-0.2, -0.15) is 0 Å². The Kier molecular flexibility index (Phi) is 7.07. The van der Waals surface area contributed by atoms with E-state index in [0.717, 1.165) is 10.5 Å². The molecule has 4 aromatic rings. The molecule has 242 valence electrons. The first-order valence-corrected chi connectivity index (χ1v) is 16.3. The van der Waals surface area contributed by atoms with Gasteiger partial charge in [-0.1, -0.05) is 90.5 Å². The first-order valence-electron chi connectivity index (χ1n) is 16.3. The van der Waals surface area contributed by atoms with Crippen LogP contribution in [0.5, 0.6) is 5.75 Å². The third kappa shape index (κ3) is 4.47. The monoisotopic (exact) mass is 649 g/mol. The van der Waals surface area contributed by atoms with Gasteiger partial charge in [0.1, 0.15) is 5.75 Å². The molecule has 1 saturated carbocycles. The second-order valence-electron chi connectivity index (χ2n) is 13.2. The van der Waals surface area contributed by atoms with Gasteiger partial charge in [0.25, 0.3) is 0 Å². The van der Waals surface area contributed by atoms with Crippen LogP contribution in [0.3, 0.4) is 0 Å². The quantitative estimate of drug-likeness (QED) is 0.197. The molecule has 0 aromatic heterocycles. The highest BCUT2D eigenvalue weighted by molar-refractivity contribution is 6.32. The lowest BCUT2D eigenvalue weighted by molar-refractivity contribution is -0.135. The molecule has 49 heavy (non-hydrogen) atoms. The zero-order chi connectivity index (χ0) is 34.0. The molecule has 4 aliphatic rings. The van der Waals surface area contributed by atoms with E-state index in [-0.39, 0.29) is 41.4 Å². The second-order valence-corrected chi connectivity index (χ2v) is 13.2. The van der Waals surface area contributed by atoms with Gasteiger partial charge in [-0.25, -0.2) is 4.79 Å². The molecular weight excluding hydrogens is 618 g/mol. The molecule has 0 unspecified atom stereocenters. The molecule has 3 aliphatic carbocycles. The summed E-state index contributed by atoms with van der Waals surface area (Å²) in [7, 11) is 0. The number of hydrogen-bond donors (Lipinski definition) is 2. The van der Waals surface area contributed by atoms with Crippen molar-refractivity contribution in [3.05, 3.63) is 149 Å². The molecule has 1 aliphatic heterocycles. The number of hydrogen-bond acceptors (Lipinski definition) is 6. The Hall–Kier alpha value is -5.89. The maximum absolute atomic E-state index is 15.0. The lowest BCUT2D eigenvalue weighted by Crippen LogP contribution is -2.58. The van der Waals surface area contributed by atoms with E-state index >= 15 is 0 Å². The number of phenolic OH excluding ortho intramolecular Hbond substituents is 1. The normalized spacial score (nSPS) is 27.5. The molecule has 0 spiro atoms. The van der Waals surface area contributed by atoms with E-state index < -0.39 is 52.8 Å². The maximum Gasteiger partial charge on any atom is 0.335 e. The topological polar surface area (TPSA) is 129 Å². The van der Waals surface area contributed by atoms with Gasteiger partial charge in [0.05, 0.1) is 28.5 Å². The number of imide groups is 1. The van der Waals surface area contributed by atoms with Crippen LogP contribution in [0.1, 0.15) is 45.8 Å². The summed E-state index contributed by atoms with van der Waals surface area (Å²) in [6, 6.07) is 30.8. The van der Waals surface area contributed by atoms with Crippen LogP contribution in [0.25, 0.3) is 5.57 Å². The lowest BCUT2D eigenvalue weighted by atomic mass is 9.44. The Morgan fingerprint density at radius 2 is 1.49 bits per heavy atom. The number of ketones is 2. The highest BCUT2D eigenvalue weighted by Gasteiger charge is 2.66. The van der Waals surface area contributed by atoms with Gasteiger partial charge in [0.2, 0.25) is 11.8 Å². The predicted molar refractivity (Wildman–Crippen MR) is 181 cm³/mol. The van der Waals surface area contributed by atoms with Gasteiger partial charge in [-0.3, -0.25) is 24.1 Å². The largest absolute Gasteiger partial charge is 0.508 e. The number of carbonyl (C=O) groups excluding carboxylic acids is 4. The third-order valence-electron chi connectivity index (χ3n) is 10.9. The molecule has 4 aromatic carbocycles. The van der Waals surface area contributed by atoms with Gasteiger partial charge in [-0.15, -0.1) is 0 Å². The Labute approximate surface area is 282 Å². The lowest BCUT2D eigenvalue weighted by Gasteiger charge is -2.55. The van der Waals surface area contributed by atoms with Crippen LogP contribution in [-0.4, -0.2) is 39.6 Å². The summed E-state index contributed by atoms with van der Waals surface area (Å²) >= 11 is 0. The Morgan fingerprint density at radius 1 is 0.776 bits per heavy atom. The van der Waals surface area contributed by atoms with Crippen LogP contribution >= 0.6 is 0 Å². The zero-order valence-electron chi connectivity index (χ0n) is 26.2. The summed E-state index contributed by atoms with van der Waals surface area (Å²) in [4.78, 5) is 71.2. The van der Waals surface area contributed by atoms with Crippen molar-refractivity contribution in [3.8, 4) is 5.75 Å². The van der Waals surface area contributed by atoms with E-state index in [2.05, 4.69) is 0 Å². The van der Waals surface area contributed by atoms with E-state index in [1.165, 1.54) is 24.3 Å². The standard InChI is InChI=1S/C41H31NO7/c43-28-16-8-11-24(20-28)36-29-17-18-30-35(39(47)42(38(30)46)27-15-7-12-25(19-27)40(48)49)32(29)21-33-37(45)31(23-9-3-1-4-10-23)22-34(44)41(33,36)26-13-5-2-6-14-26/h1-17,19-20,22,30,32-33,35-36,43H,18,21H2,(H,48,49)/t30-,32+,33-,35-,36-,41-/m0/s1. The molecule has 0 bridgehead atoms. The fraction of sp³-hybridized carbons (Fsp3) is 0.195. The van der Waals surface area contributed by atoms with Crippen molar-refractivity contribution in [2.45, 2.75) is 24.2 Å². The second kappa shape index (κ2) is 11.4. The van der Waals surface area contributed by atoms with Crippen LogP contribution in [0.2, 0.25) is 0 Å². The summed E-state index contributed by atoms with van der Waals surface area (Å²) in [6.07, 6.45) is 3.80. The van der Waals surface area contributed by atoms with Gasteiger partial charge in [-0.05, 0) is 71.9 Å². The highest BCUT2D eigenvalue weighted by Crippen LogP contribution is 2.63. The SMILES string of the molecule is O=C(O)c1cccc(N2C(=O)[C@H]3[C@H](CC=C4[C@H]3C[C@H]3C(=O)C(c5ccccc5)=CC(=O)[C@@]3(c3ccccc3)[C@H]4c3cccc(O)c3)C2=O)c1. The van der Waals surface area contributed by atoms with Crippen LogP contribution in [0.4, 0.5) is 5.69 Å². The first kappa shape index (κ1) is 30.4. The number of phenols is 1. The van der Waals surface area contributed by atoms with Crippen molar-refractivity contribution in [3.63, 3.8) is 0 Å². The zero-order valence-corrected chi connectivity index (χ0v) is 26.2. The number of aromatic hydroxyl groups is 1. The average molecular weight is 650 g/mol. The van der Waals surface area contributed by atoms with Gasteiger partial charge in [0, 0.05) is 17.4 Å². The third-order valence-corrected chi connectivity index (χ3v) is 10.9. The molecule has 2 N–H and O–H groups in total. The molecule has 8 nitrogen and oxygen atoms in total. The average Bonchev–Trinajstić information content (AvgIpc) is 3.38. The van der Waals surface area contributed by atoms with Crippen molar-refractivity contribution in [1.82, 2.24) is 0 Å². The van der Waals surface area contributed by atoms with Crippen LogP contribution in [0, 0.1) is 23.7 Å². The molecule has 6 atom stereocenters. The van der Waals surface area contributed by atoms with Gasteiger partial charge >= 0.3 is 5.97 Å². The molecule has 8 heteroatoms. The summed E-state index contributed by atoms with van der Waals surface area (Å²) in [5.41, 5.74) is 1.75. The molecule has 8 rings (SSSR count). The van der Waals surface area contributed by atoms with Crippen molar-refractivity contribution < 1.29 is 34.2 Å². The smallest absolute Gasteiger partial charge is 0.335 e. The van der Waals surface area contributed by atoms with Crippen LogP contribution in [-0.2, 0) is 24.6 Å². The fourth-order valence-electron chi connectivity index (χ4n) is 8.99. The van der Waals surface area contributed by atoms with E-state index in [1.54, 1.807) is 36.4 Å². The molecule has 2 amide bonds. The molecule has 2 fully saturated rings. The van der Waals surface area contributed by atoms with E-state index in [4.69, 9.17) is 0 Å². The molecular formula is C41H31NO7. The highest BCUT2D eigenvalue weighted by atomic mass is 16.4. The number of amides is 2. The summed E-state index contributed by atoms with van der Waals surface area (Å²) in [6.45, 7) is 0. The number of benzene rings is 4. The minimum atomic E-state index is -1.39. The Bertz CT molecular complexity index is 2140. The number of carbonyl (C=O) groups is 5. The number of Topliss-reactive ketones (excluding diaryl/α,β-unsaturated/α-hetero) is 1. The maximum atomic E-state index is 15.0. The fourth-order valence-corrected chi connectivity index (χ4v) is 8.99. The Morgan fingerprint density at radius 3 is 2.20 bits per heavy atom. The summed E-state index contributed by atoms with van der Waals surface area (Å²) < 4.78 is 0. The molecule has 1 saturated heterocycles. The van der Waals surface area contributed by atoms with Gasteiger partial charge in [0.15, 0.2) is 11.6 Å². The van der Waals surface area contributed by atoms with E-state index in [9.17, 15) is 34.2 Å². The number of rotatable bonds is 5.